The van der Waals surface area contributed by atoms with Gasteiger partial charge in [-0.25, -0.2) is 4.79 Å². The van der Waals surface area contributed by atoms with Crippen LogP contribution < -0.4 is 27.4 Å². The Kier molecular flexibility index (Phi) is 11.2. The zero-order valence-corrected chi connectivity index (χ0v) is 15.6. The van der Waals surface area contributed by atoms with E-state index in [0.717, 1.165) is 0 Å². The Labute approximate surface area is 153 Å². The number of carboxylic acid groups (broad SMARTS) is 1. The second-order valence-electron chi connectivity index (χ2n) is 6.41. The van der Waals surface area contributed by atoms with Gasteiger partial charge in [-0.3, -0.25) is 14.4 Å². The van der Waals surface area contributed by atoms with Crippen LogP contribution in [0.1, 0.15) is 40.0 Å². The van der Waals surface area contributed by atoms with Crippen molar-refractivity contribution in [3.63, 3.8) is 0 Å². The third kappa shape index (κ3) is 8.77. The highest BCUT2D eigenvalue weighted by molar-refractivity contribution is 5.93. The molecule has 0 saturated carbocycles. The van der Waals surface area contributed by atoms with Gasteiger partial charge < -0.3 is 32.5 Å². The van der Waals surface area contributed by atoms with E-state index in [-0.39, 0.29) is 12.5 Å². The molecular formula is C16H31N5O5. The first-order valence-corrected chi connectivity index (χ1v) is 8.67. The van der Waals surface area contributed by atoms with Crippen LogP contribution in [-0.2, 0) is 19.2 Å². The van der Waals surface area contributed by atoms with E-state index in [9.17, 15) is 19.2 Å². The molecule has 0 aromatic heterocycles. The minimum absolute atomic E-state index is 0.259. The summed E-state index contributed by atoms with van der Waals surface area (Å²) in [5.41, 5.74) is 10.7. The molecule has 0 spiro atoms. The molecule has 0 aliphatic carbocycles. The second kappa shape index (κ2) is 12.2. The third-order valence-corrected chi connectivity index (χ3v) is 3.77. The molecule has 0 heterocycles. The van der Waals surface area contributed by atoms with E-state index in [4.69, 9.17) is 16.6 Å². The van der Waals surface area contributed by atoms with Gasteiger partial charge in [-0.05, 0) is 38.6 Å². The molecule has 3 atom stereocenters. The van der Waals surface area contributed by atoms with Crippen LogP contribution in [0.2, 0.25) is 0 Å². The van der Waals surface area contributed by atoms with Crippen molar-refractivity contribution in [2.24, 2.45) is 17.4 Å². The Morgan fingerprint density at radius 2 is 1.54 bits per heavy atom. The lowest BCUT2D eigenvalue weighted by Crippen LogP contribution is -2.55. The number of unbranched alkanes of at least 4 members (excludes halogenated alkanes) is 1. The van der Waals surface area contributed by atoms with E-state index in [1.54, 1.807) is 13.8 Å². The van der Waals surface area contributed by atoms with Crippen LogP contribution in [0.4, 0.5) is 0 Å². The minimum atomic E-state index is -1.15. The highest BCUT2D eigenvalue weighted by Crippen LogP contribution is 2.04. The largest absolute Gasteiger partial charge is 0.480 e. The average Bonchev–Trinajstić information content (AvgIpc) is 2.57. The zero-order chi connectivity index (χ0) is 20.3. The van der Waals surface area contributed by atoms with Crippen molar-refractivity contribution in [2.75, 3.05) is 13.1 Å². The van der Waals surface area contributed by atoms with Crippen molar-refractivity contribution in [3.8, 4) is 0 Å². The summed E-state index contributed by atoms with van der Waals surface area (Å²) in [5.74, 6) is -3.11. The fraction of sp³-hybridized carbons (Fsp3) is 0.750. The summed E-state index contributed by atoms with van der Waals surface area (Å²) in [7, 11) is 0. The Balaban J connectivity index is 4.84. The van der Waals surface area contributed by atoms with E-state index in [1.165, 1.54) is 6.92 Å². The van der Waals surface area contributed by atoms with Crippen molar-refractivity contribution in [2.45, 2.75) is 58.2 Å². The molecule has 150 valence electrons. The predicted molar refractivity (Wildman–Crippen MR) is 95.9 cm³/mol. The van der Waals surface area contributed by atoms with Crippen LogP contribution in [0, 0.1) is 5.92 Å². The molecule has 0 bridgehead atoms. The second-order valence-corrected chi connectivity index (χ2v) is 6.41. The molecule has 0 radical (unpaired) electrons. The van der Waals surface area contributed by atoms with Crippen molar-refractivity contribution in [1.82, 2.24) is 16.0 Å². The van der Waals surface area contributed by atoms with Gasteiger partial charge in [0.2, 0.25) is 17.7 Å². The lowest BCUT2D eigenvalue weighted by atomic mass is 10.0. The van der Waals surface area contributed by atoms with Crippen LogP contribution in [0.5, 0.6) is 0 Å². The molecule has 0 aromatic carbocycles. The van der Waals surface area contributed by atoms with Gasteiger partial charge in [-0.15, -0.1) is 0 Å². The lowest BCUT2D eigenvalue weighted by molar-refractivity contribution is -0.143. The Bertz CT molecular complexity index is 497. The van der Waals surface area contributed by atoms with Gasteiger partial charge in [0, 0.05) is 0 Å². The monoisotopic (exact) mass is 373 g/mol. The quantitative estimate of drug-likeness (QED) is 0.221. The summed E-state index contributed by atoms with van der Waals surface area (Å²) in [6, 6.07) is -2.86. The number of rotatable bonds is 12. The molecule has 3 unspecified atom stereocenters. The summed E-state index contributed by atoms with van der Waals surface area (Å²) in [6.07, 6.45) is 1.66. The molecule has 0 aliphatic heterocycles. The van der Waals surface area contributed by atoms with Crippen molar-refractivity contribution in [3.05, 3.63) is 0 Å². The fourth-order valence-electron chi connectivity index (χ4n) is 2.19. The van der Waals surface area contributed by atoms with E-state index < -0.39 is 41.8 Å². The first-order chi connectivity index (χ1) is 12.1. The highest BCUT2D eigenvalue weighted by atomic mass is 16.4. The molecule has 0 aromatic rings. The van der Waals surface area contributed by atoms with Gasteiger partial charge in [0.1, 0.15) is 18.1 Å². The van der Waals surface area contributed by atoms with Gasteiger partial charge in [0.25, 0.3) is 0 Å². The molecule has 0 saturated heterocycles. The Hall–Kier alpha value is -2.20. The number of hydrogen-bond acceptors (Lipinski definition) is 6. The van der Waals surface area contributed by atoms with Crippen LogP contribution in [0.25, 0.3) is 0 Å². The normalized spacial score (nSPS) is 14.2. The maximum atomic E-state index is 12.4. The molecule has 0 rings (SSSR count). The molecule has 10 nitrogen and oxygen atoms in total. The average molecular weight is 373 g/mol. The summed E-state index contributed by atoms with van der Waals surface area (Å²) < 4.78 is 0. The van der Waals surface area contributed by atoms with Crippen molar-refractivity contribution < 1.29 is 24.3 Å². The summed E-state index contributed by atoms with van der Waals surface area (Å²) >= 11 is 0. The SMILES string of the molecule is CC(NC(=O)C(CCCCN)NC(=O)CN)C(=O)NC(C(=O)O)C(C)C. The van der Waals surface area contributed by atoms with E-state index in [0.29, 0.717) is 25.8 Å². The number of carbonyl (C=O) groups excluding carboxylic acids is 3. The number of carbonyl (C=O) groups is 4. The van der Waals surface area contributed by atoms with E-state index in [2.05, 4.69) is 16.0 Å². The standard InChI is InChI=1S/C16H31N5O5/c1-9(2)13(16(25)26)21-14(23)10(3)19-15(24)11(6-4-5-7-17)20-12(22)8-18/h9-11,13H,4-8,17-18H2,1-3H3,(H,19,24)(H,20,22)(H,21,23)(H,25,26). The van der Waals surface area contributed by atoms with Gasteiger partial charge in [-0.2, -0.15) is 0 Å². The van der Waals surface area contributed by atoms with Gasteiger partial charge in [-0.1, -0.05) is 13.8 Å². The summed E-state index contributed by atoms with van der Waals surface area (Å²) in [6.45, 7) is 4.97. The lowest BCUT2D eigenvalue weighted by Gasteiger charge is -2.23. The van der Waals surface area contributed by atoms with Gasteiger partial charge >= 0.3 is 5.97 Å². The molecule has 0 aliphatic rings. The summed E-state index contributed by atoms with van der Waals surface area (Å²) in [5, 5.41) is 16.5. The maximum absolute atomic E-state index is 12.4. The topological polar surface area (TPSA) is 177 Å². The van der Waals surface area contributed by atoms with Crippen molar-refractivity contribution >= 4 is 23.7 Å². The summed E-state index contributed by atoms with van der Waals surface area (Å²) in [4.78, 5) is 47.2. The first kappa shape index (κ1) is 23.8. The molecule has 8 N–H and O–H groups in total. The first-order valence-electron chi connectivity index (χ1n) is 8.67. The molecule has 0 fully saturated rings. The number of carboxylic acids is 1. The van der Waals surface area contributed by atoms with Crippen molar-refractivity contribution in [1.29, 1.82) is 0 Å². The number of aliphatic carboxylic acids is 1. The Morgan fingerprint density at radius 3 is 2.00 bits per heavy atom. The highest BCUT2D eigenvalue weighted by Gasteiger charge is 2.28. The Morgan fingerprint density at radius 1 is 0.923 bits per heavy atom. The minimum Gasteiger partial charge on any atom is -0.480 e. The number of nitrogens with two attached hydrogens (primary N) is 2. The third-order valence-electron chi connectivity index (χ3n) is 3.77. The van der Waals surface area contributed by atoms with Gasteiger partial charge in [0.15, 0.2) is 0 Å². The molecule has 26 heavy (non-hydrogen) atoms. The van der Waals surface area contributed by atoms with E-state index in [1.807, 2.05) is 0 Å². The number of amides is 3. The van der Waals surface area contributed by atoms with Crippen LogP contribution in [0.15, 0.2) is 0 Å². The smallest absolute Gasteiger partial charge is 0.326 e. The molecular weight excluding hydrogens is 342 g/mol. The molecule has 10 heteroatoms. The number of hydrogen-bond donors (Lipinski definition) is 6. The van der Waals surface area contributed by atoms with Crippen LogP contribution >= 0.6 is 0 Å². The molecule has 3 amide bonds. The van der Waals surface area contributed by atoms with E-state index >= 15 is 0 Å². The predicted octanol–water partition coefficient (Wildman–Crippen LogP) is -1.71. The zero-order valence-electron chi connectivity index (χ0n) is 15.6. The number of nitrogens with one attached hydrogen (secondary N) is 3. The fourth-order valence-corrected chi connectivity index (χ4v) is 2.19. The van der Waals surface area contributed by atoms with Crippen LogP contribution in [0.3, 0.4) is 0 Å². The van der Waals surface area contributed by atoms with Crippen LogP contribution in [-0.4, -0.2) is 60.0 Å². The maximum Gasteiger partial charge on any atom is 0.326 e. The van der Waals surface area contributed by atoms with Gasteiger partial charge in [0.05, 0.1) is 6.54 Å².